The lowest BCUT2D eigenvalue weighted by molar-refractivity contribution is -0.148. The molecular formula is C23H25BFNO5. The molecule has 1 fully saturated rings. The molecule has 1 atom stereocenters. The van der Waals surface area contributed by atoms with Crippen LogP contribution in [0.25, 0.3) is 0 Å². The SMILES string of the molecule is CC(C)C(NC(=O)c1ccc2c(c1C1CC1)B(O)OC2)C(=O)OCc1ccc(F)cc1. The second kappa shape index (κ2) is 8.81. The van der Waals surface area contributed by atoms with Crippen molar-refractivity contribution >= 4 is 24.5 Å². The third-order valence-corrected chi connectivity index (χ3v) is 5.75. The Morgan fingerprint density at radius 3 is 2.58 bits per heavy atom. The summed E-state index contributed by atoms with van der Waals surface area (Å²) in [4.78, 5) is 25.8. The summed E-state index contributed by atoms with van der Waals surface area (Å²) < 4.78 is 23.8. The number of ether oxygens (including phenoxy) is 1. The predicted molar refractivity (Wildman–Crippen MR) is 113 cm³/mol. The summed E-state index contributed by atoms with van der Waals surface area (Å²) >= 11 is 0. The Morgan fingerprint density at radius 1 is 1.23 bits per heavy atom. The van der Waals surface area contributed by atoms with E-state index in [-0.39, 0.29) is 30.2 Å². The largest absolute Gasteiger partial charge is 0.492 e. The fourth-order valence-corrected chi connectivity index (χ4v) is 3.90. The molecule has 1 aliphatic heterocycles. The van der Waals surface area contributed by atoms with Crippen LogP contribution in [0.2, 0.25) is 0 Å². The molecule has 0 saturated heterocycles. The summed E-state index contributed by atoms with van der Waals surface area (Å²) in [6.45, 7) is 3.97. The van der Waals surface area contributed by atoms with Crippen molar-refractivity contribution in [2.24, 2.45) is 5.92 Å². The number of hydrogen-bond acceptors (Lipinski definition) is 5. The van der Waals surface area contributed by atoms with E-state index in [2.05, 4.69) is 5.32 Å². The quantitative estimate of drug-likeness (QED) is 0.526. The van der Waals surface area contributed by atoms with E-state index in [9.17, 15) is 19.0 Å². The van der Waals surface area contributed by atoms with Gasteiger partial charge in [-0.25, -0.2) is 9.18 Å². The number of esters is 1. The molecular weight excluding hydrogens is 400 g/mol. The van der Waals surface area contributed by atoms with Crippen molar-refractivity contribution in [1.29, 1.82) is 0 Å². The van der Waals surface area contributed by atoms with Crippen LogP contribution in [0.4, 0.5) is 4.39 Å². The van der Waals surface area contributed by atoms with Crippen molar-refractivity contribution in [2.75, 3.05) is 0 Å². The van der Waals surface area contributed by atoms with E-state index in [4.69, 9.17) is 9.39 Å². The van der Waals surface area contributed by atoms with Gasteiger partial charge in [-0.2, -0.15) is 0 Å². The number of nitrogens with one attached hydrogen (secondary N) is 1. The zero-order valence-electron chi connectivity index (χ0n) is 17.6. The van der Waals surface area contributed by atoms with Gasteiger partial charge in [-0.15, -0.1) is 0 Å². The van der Waals surface area contributed by atoms with Gasteiger partial charge < -0.3 is 19.7 Å². The van der Waals surface area contributed by atoms with Crippen LogP contribution in [0.15, 0.2) is 36.4 Å². The molecule has 0 radical (unpaired) electrons. The standard InChI is InChI=1S/C23H25BFNO5/c1-13(2)21(23(28)30-11-14-3-8-17(25)9-4-14)26-22(27)18-10-7-16-12-31-24(29)20(16)19(18)15-5-6-15/h3-4,7-10,13,15,21,29H,5-6,11-12H2,1-2H3,(H,26,27). The Hall–Kier alpha value is -2.71. The van der Waals surface area contributed by atoms with E-state index >= 15 is 0 Å². The van der Waals surface area contributed by atoms with Crippen LogP contribution >= 0.6 is 0 Å². The summed E-state index contributed by atoms with van der Waals surface area (Å²) in [5.74, 6) is -1.27. The Morgan fingerprint density at radius 2 is 1.94 bits per heavy atom. The first-order valence-electron chi connectivity index (χ1n) is 10.5. The molecule has 2 aliphatic rings. The number of carbonyl (C=O) groups is 2. The first kappa shape index (κ1) is 21.5. The number of fused-ring (bicyclic) bond motifs is 1. The molecule has 1 saturated carbocycles. The van der Waals surface area contributed by atoms with Gasteiger partial charge in [-0.1, -0.05) is 32.0 Å². The number of rotatable bonds is 7. The smallest absolute Gasteiger partial charge is 0.459 e. The van der Waals surface area contributed by atoms with E-state index in [1.807, 2.05) is 13.8 Å². The highest BCUT2D eigenvalue weighted by atomic mass is 19.1. The topological polar surface area (TPSA) is 84.9 Å². The van der Waals surface area contributed by atoms with Crippen LogP contribution in [0.1, 0.15) is 59.7 Å². The average Bonchev–Trinajstić information content (AvgIpc) is 3.53. The molecule has 2 N–H and O–H groups in total. The van der Waals surface area contributed by atoms with Gasteiger partial charge in [0, 0.05) is 5.56 Å². The molecule has 1 unspecified atom stereocenters. The van der Waals surface area contributed by atoms with Crippen molar-refractivity contribution in [1.82, 2.24) is 5.32 Å². The van der Waals surface area contributed by atoms with Gasteiger partial charge in [-0.3, -0.25) is 4.79 Å². The molecule has 0 bridgehead atoms. The summed E-state index contributed by atoms with van der Waals surface area (Å²) in [6.07, 6.45) is 1.91. The Balaban J connectivity index is 1.50. The van der Waals surface area contributed by atoms with Gasteiger partial charge in [0.1, 0.15) is 18.5 Å². The fraction of sp³-hybridized carbons (Fsp3) is 0.391. The normalized spacial score (nSPS) is 16.2. The van der Waals surface area contributed by atoms with Gasteiger partial charge in [-0.05, 0) is 65.0 Å². The first-order chi connectivity index (χ1) is 14.8. The van der Waals surface area contributed by atoms with Crippen LogP contribution in [0.3, 0.4) is 0 Å². The molecule has 4 rings (SSSR count). The van der Waals surface area contributed by atoms with Crippen molar-refractivity contribution in [3.8, 4) is 0 Å². The van der Waals surface area contributed by atoms with Gasteiger partial charge in [0.2, 0.25) is 0 Å². The monoisotopic (exact) mass is 425 g/mol. The minimum absolute atomic E-state index is 0.00605. The minimum Gasteiger partial charge on any atom is -0.459 e. The molecule has 0 aromatic heterocycles. The Bertz CT molecular complexity index is 990. The molecule has 31 heavy (non-hydrogen) atoms. The zero-order valence-corrected chi connectivity index (χ0v) is 17.6. The predicted octanol–water partition coefficient (Wildman–Crippen LogP) is 2.42. The maximum absolute atomic E-state index is 13.2. The third-order valence-electron chi connectivity index (χ3n) is 5.75. The van der Waals surface area contributed by atoms with E-state index in [1.54, 1.807) is 24.3 Å². The lowest BCUT2D eigenvalue weighted by Gasteiger charge is -2.22. The van der Waals surface area contributed by atoms with Crippen LogP contribution in [0, 0.1) is 11.7 Å². The van der Waals surface area contributed by atoms with Gasteiger partial charge >= 0.3 is 13.1 Å². The maximum Gasteiger partial charge on any atom is 0.492 e. The summed E-state index contributed by atoms with van der Waals surface area (Å²) in [5, 5.41) is 13.1. The van der Waals surface area contributed by atoms with Crippen molar-refractivity contribution in [3.05, 3.63) is 64.5 Å². The molecule has 162 valence electrons. The first-order valence-corrected chi connectivity index (χ1v) is 10.5. The van der Waals surface area contributed by atoms with Crippen molar-refractivity contribution in [2.45, 2.75) is 51.9 Å². The second-order valence-electron chi connectivity index (χ2n) is 8.47. The highest BCUT2D eigenvalue weighted by molar-refractivity contribution is 6.62. The number of amides is 1. The summed E-state index contributed by atoms with van der Waals surface area (Å²) in [7, 11) is -1.03. The lowest BCUT2D eigenvalue weighted by atomic mass is 9.73. The molecule has 2 aromatic carbocycles. The van der Waals surface area contributed by atoms with Gasteiger partial charge in [0.05, 0.1) is 6.61 Å². The number of hydrogen-bond donors (Lipinski definition) is 2. The highest BCUT2D eigenvalue weighted by Crippen LogP contribution is 2.42. The summed E-state index contributed by atoms with van der Waals surface area (Å²) in [5.41, 5.74) is 3.53. The van der Waals surface area contributed by atoms with E-state index in [0.29, 0.717) is 23.2 Å². The molecule has 6 nitrogen and oxygen atoms in total. The van der Waals surface area contributed by atoms with E-state index < -0.39 is 19.1 Å². The van der Waals surface area contributed by atoms with Crippen molar-refractivity contribution in [3.63, 3.8) is 0 Å². The number of halogens is 1. The third kappa shape index (κ3) is 4.65. The number of benzene rings is 2. The average molecular weight is 425 g/mol. The molecule has 1 amide bonds. The van der Waals surface area contributed by atoms with Gasteiger partial charge in [0.15, 0.2) is 0 Å². The fourth-order valence-electron chi connectivity index (χ4n) is 3.90. The van der Waals surface area contributed by atoms with Crippen LogP contribution in [0.5, 0.6) is 0 Å². The van der Waals surface area contributed by atoms with Gasteiger partial charge in [0.25, 0.3) is 5.91 Å². The zero-order chi connectivity index (χ0) is 22.1. The van der Waals surface area contributed by atoms with Crippen LogP contribution < -0.4 is 10.8 Å². The molecule has 1 aliphatic carbocycles. The summed E-state index contributed by atoms with van der Waals surface area (Å²) in [6, 6.07) is 8.40. The van der Waals surface area contributed by atoms with E-state index in [1.165, 1.54) is 12.1 Å². The maximum atomic E-state index is 13.2. The second-order valence-corrected chi connectivity index (χ2v) is 8.47. The molecule has 2 aromatic rings. The minimum atomic E-state index is -1.03. The van der Waals surface area contributed by atoms with E-state index in [0.717, 1.165) is 24.0 Å². The Kier molecular flexibility index (Phi) is 6.11. The molecule has 1 heterocycles. The lowest BCUT2D eigenvalue weighted by Crippen LogP contribution is -2.46. The molecule has 8 heteroatoms. The highest BCUT2D eigenvalue weighted by Gasteiger charge is 2.39. The Labute approximate surface area is 180 Å². The van der Waals surface area contributed by atoms with Crippen LogP contribution in [-0.2, 0) is 27.4 Å². The molecule has 0 spiro atoms. The number of carbonyl (C=O) groups excluding carboxylic acids is 2. The van der Waals surface area contributed by atoms with Crippen LogP contribution in [-0.4, -0.2) is 30.1 Å². The van der Waals surface area contributed by atoms with Crippen molar-refractivity contribution < 1.29 is 28.4 Å².